The van der Waals surface area contributed by atoms with Gasteiger partial charge in [0, 0.05) is 25.3 Å². The minimum absolute atomic E-state index is 0.0359. The molecule has 8 nitrogen and oxygen atoms in total. The highest BCUT2D eigenvalue weighted by molar-refractivity contribution is 5.95. The van der Waals surface area contributed by atoms with Crippen molar-refractivity contribution in [1.82, 2.24) is 25.0 Å². The van der Waals surface area contributed by atoms with Gasteiger partial charge in [0.15, 0.2) is 17.0 Å². The molecule has 2 aromatic heterocycles. The van der Waals surface area contributed by atoms with Crippen LogP contribution in [0, 0.1) is 19.8 Å². The number of carbonyl (C=O) groups excluding carboxylic acids is 1. The number of aryl methyl sites for hydroxylation is 3. The number of hydrogen-bond donors (Lipinski definition) is 1. The van der Waals surface area contributed by atoms with Crippen LogP contribution in [-0.2, 0) is 11.3 Å². The molecule has 1 amide bonds. The molecule has 0 saturated carbocycles. The second kappa shape index (κ2) is 6.36. The average Bonchev–Trinajstić information content (AvgIpc) is 2.96. The summed E-state index contributed by atoms with van der Waals surface area (Å²) < 4.78 is 1.74. The van der Waals surface area contributed by atoms with E-state index in [2.05, 4.69) is 31.7 Å². The lowest BCUT2D eigenvalue weighted by atomic mass is 9.98. The summed E-state index contributed by atoms with van der Waals surface area (Å²) in [6.45, 7) is 7.97. The standard InChI is InChI=1S/C18H21N7O/c1-4-25-17-15(22-23-25)16(19-10-20-17)24-8-13(9-24)18(26)21-14-6-11(2)5-12(3)7-14/h5-7,10,13H,4,8-9H2,1-3H3,(H,21,26). The van der Waals surface area contributed by atoms with Crippen LogP contribution in [0.15, 0.2) is 24.5 Å². The lowest BCUT2D eigenvalue weighted by molar-refractivity contribution is -0.120. The van der Waals surface area contributed by atoms with E-state index in [1.165, 1.54) is 6.33 Å². The number of fused-ring (bicyclic) bond motifs is 1. The Balaban J connectivity index is 1.45. The molecule has 1 aliphatic heterocycles. The van der Waals surface area contributed by atoms with E-state index in [0.717, 1.165) is 28.3 Å². The third kappa shape index (κ3) is 2.87. The summed E-state index contributed by atoms with van der Waals surface area (Å²) in [7, 11) is 0. The largest absolute Gasteiger partial charge is 0.353 e. The minimum Gasteiger partial charge on any atom is -0.353 e. The van der Waals surface area contributed by atoms with Gasteiger partial charge < -0.3 is 10.2 Å². The molecule has 8 heteroatoms. The number of aromatic nitrogens is 5. The summed E-state index contributed by atoms with van der Waals surface area (Å²) in [6.07, 6.45) is 1.52. The van der Waals surface area contributed by atoms with Gasteiger partial charge >= 0.3 is 0 Å². The van der Waals surface area contributed by atoms with E-state index in [-0.39, 0.29) is 11.8 Å². The van der Waals surface area contributed by atoms with E-state index in [4.69, 9.17) is 0 Å². The molecule has 3 heterocycles. The van der Waals surface area contributed by atoms with E-state index in [1.54, 1.807) is 4.68 Å². The van der Waals surface area contributed by atoms with Gasteiger partial charge in [0.05, 0.1) is 5.92 Å². The number of benzene rings is 1. The quantitative estimate of drug-likeness (QED) is 0.773. The van der Waals surface area contributed by atoms with E-state index < -0.39 is 0 Å². The predicted octanol–water partition coefficient (Wildman–Crippen LogP) is 1.93. The summed E-state index contributed by atoms with van der Waals surface area (Å²) in [4.78, 5) is 23.2. The van der Waals surface area contributed by atoms with Crippen molar-refractivity contribution in [2.24, 2.45) is 5.92 Å². The molecular formula is C18H21N7O. The Bertz CT molecular complexity index is 955. The average molecular weight is 351 g/mol. The normalized spacial score (nSPS) is 14.5. The Morgan fingerprint density at radius 3 is 2.62 bits per heavy atom. The third-order valence-corrected chi connectivity index (χ3v) is 4.62. The number of nitrogens with zero attached hydrogens (tertiary/aromatic N) is 6. The molecule has 1 aromatic carbocycles. The smallest absolute Gasteiger partial charge is 0.231 e. The van der Waals surface area contributed by atoms with Crippen molar-refractivity contribution in [1.29, 1.82) is 0 Å². The van der Waals surface area contributed by atoms with Crippen LogP contribution in [0.3, 0.4) is 0 Å². The monoisotopic (exact) mass is 351 g/mol. The zero-order valence-electron chi connectivity index (χ0n) is 15.1. The van der Waals surface area contributed by atoms with E-state index in [9.17, 15) is 4.79 Å². The zero-order chi connectivity index (χ0) is 18.3. The van der Waals surface area contributed by atoms with Gasteiger partial charge in [-0.3, -0.25) is 4.79 Å². The van der Waals surface area contributed by atoms with Crippen molar-refractivity contribution in [3.05, 3.63) is 35.7 Å². The number of hydrogen-bond acceptors (Lipinski definition) is 6. The van der Waals surface area contributed by atoms with Gasteiger partial charge in [0.25, 0.3) is 0 Å². The first kappa shape index (κ1) is 16.4. The summed E-state index contributed by atoms with van der Waals surface area (Å²) in [6, 6.07) is 6.06. The van der Waals surface area contributed by atoms with Crippen LogP contribution in [0.2, 0.25) is 0 Å². The molecule has 0 atom stereocenters. The first-order chi connectivity index (χ1) is 12.5. The number of rotatable bonds is 4. The first-order valence-electron chi connectivity index (χ1n) is 8.73. The molecular weight excluding hydrogens is 330 g/mol. The minimum atomic E-state index is -0.0675. The van der Waals surface area contributed by atoms with E-state index in [0.29, 0.717) is 25.2 Å². The molecule has 0 radical (unpaired) electrons. The molecule has 3 aromatic rings. The Morgan fingerprint density at radius 1 is 1.19 bits per heavy atom. The van der Waals surface area contributed by atoms with Gasteiger partial charge in [-0.1, -0.05) is 11.3 Å². The zero-order valence-corrected chi connectivity index (χ0v) is 15.1. The van der Waals surface area contributed by atoms with Crippen LogP contribution in [-0.4, -0.2) is 44.0 Å². The van der Waals surface area contributed by atoms with Crippen LogP contribution < -0.4 is 10.2 Å². The maximum Gasteiger partial charge on any atom is 0.231 e. The van der Waals surface area contributed by atoms with Gasteiger partial charge in [0.1, 0.15) is 6.33 Å². The molecule has 4 rings (SSSR count). The summed E-state index contributed by atoms with van der Waals surface area (Å²) in [5, 5.41) is 11.3. The number of nitrogens with one attached hydrogen (secondary N) is 1. The Kier molecular flexibility index (Phi) is 4.02. The van der Waals surface area contributed by atoms with Crippen molar-refractivity contribution in [3.63, 3.8) is 0 Å². The third-order valence-electron chi connectivity index (χ3n) is 4.62. The van der Waals surface area contributed by atoms with Crippen molar-refractivity contribution < 1.29 is 4.79 Å². The Hall–Kier alpha value is -3.03. The molecule has 1 saturated heterocycles. The maximum absolute atomic E-state index is 12.5. The van der Waals surface area contributed by atoms with Gasteiger partial charge in [0.2, 0.25) is 5.91 Å². The highest BCUT2D eigenvalue weighted by Gasteiger charge is 2.35. The Morgan fingerprint density at radius 2 is 1.92 bits per heavy atom. The number of anilines is 2. The van der Waals surface area contributed by atoms with Crippen molar-refractivity contribution in [3.8, 4) is 0 Å². The van der Waals surface area contributed by atoms with Crippen LogP contribution in [0.5, 0.6) is 0 Å². The van der Waals surface area contributed by atoms with E-state index >= 15 is 0 Å². The molecule has 1 aliphatic rings. The highest BCUT2D eigenvalue weighted by atomic mass is 16.2. The fraction of sp³-hybridized carbons (Fsp3) is 0.389. The van der Waals surface area contributed by atoms with Crippen LogP contribution in [0.25, 0.3) is 11.2 Å². The van der Waals surface area contributed by atoms with Crippen LogP contribution >= 0.6 is 0 Å². The van der Waals surface area contributed by atoms with Gasteiger partial charge in [-0.25, -0.2) is 14.6 Å². The number of amides is 1. The molecule has 0 bridgehead atoms. The van der Waals surface area contributed by atoms with Crippen molar-refractivity contribution >= 4 is 28.6 Å². The number of carbonyl (C=O) groups is 1. The first-order valence-corrected chi connectivity index (χ1v) is 8.73. The summed E-state index contributed by atoms with van der Waals surface area (Å²) >= 11 is 0. The second-order valence-electron chi connectivity index (χ2n) is 6.74. The fourth-order valence-corrected chi connectivity index (χ4v) is 3.33. The van der Waals surface area contributed by atoms with E-state index in [1.807, 2.05) is 37.8 Å². The maximum atomic E-state index is 12.5. The Labute approximate surface area is 151 Å². The summed E-state index contributed by atoms with van der Waals surface area (Å²) in [5.74, 6) is 0.709. The lowest BCUT2D eigenvalue weighted by Crippen LogP contribution is -2.52. The molecule has 1 fully saturated rings. The van der Waals surface area contributed by atoms with Gasteiger partial charge in [-0.05, 0) is 44.0 Å². The van der Waals surface area contributed by atoms with Gasteiger partial charge in [-0.15, -0.1) is 5.10 Å². The molecule has 0 spiro atoms. The van der Waals surface area contributed by atoms with Gasteiger partial charge in [-0.2, -0.15) is 0 Å². The van der Waals surface area contributed by atoms with Crippen molar-refractivity contribution in [2.45, 2.75) is 27.3 Å². The SMILES string of the molecule is CCn1nnc2c(N3CC(C(=O)Nc4cc(C)cc(C)c4)C3)ncnc21. The lowest BCUT2D eigenvalue weighted by Gasteiger charge is -2.38. The molecule has 0 aliphatic carbocycles. The topological polar surface area (TPSA) is 88.8 Å². The van der Waals surface area contributed by atoms with Crippen molar-refractivity contribution in [2.75, 3.05) is 23.3 Å². The predicted molar refractivity (Wildman–Crippen MR) is 99.0 cm³/mol. The summed E-state index contributed by atoms with van der Waals surface area (Å²) in [5.41, 5.74) is 4.53. The fourth-order valence-electron chi connectivity index (χ4n) is 3.33. The molecule has 26 heavy (non-hydrogen) atoms. The van der Waals surface area contributed by atoms with Crippen LogP contribution in [0.1, 0.15) is 18.1 Å². The second-order valence-corrected chi connectivity index (χ2v) is 6.74. The van der Waals surface area contributed by atoms with Crippen LogP contribution in [0.4, 0.5) is 11.5 Å². The molecule has 0 unspecified atom stereocenters. The highest BCUT2D eigenvalue weighted by Crippen LogP contribution is 2.28. The molecule has 1 N–H and O–H groups in total. The molecule has 134 valence electrons.